The molecule has 1 heterocycles. The lowest BCUT2D eigenvalue weighted by molar-refractivity contribution is -0.115. The Balaban J connectivity index is 1.63. The third-order valence-electron chi connectivity index (χ3n) is 3.33. The van der Waals surface area contributed by atoms with Gasteiger partial charge in [-0.15, -0.1) is 10.2 Å². The summed E-state index contributed by atoms with van der Waals surface area (Å²) in [6, 6.07) is 9.37. The normalized spacial score (nSPS) is 15.7. The van der Waals surface area contributed by atoms with Crippen LogP contribution >= 0.6 is 11.8 Å². The molecule has 3 rings (SSSR count). The lowest BCUT2D eigenvalue weighted by Gasteiger charge is -2.11. The van der Waals surface area contributed by atoms with E-state index >= 15 is 0 Å². The van der Waals surface area contributed by atoms with Crippen molar-refractivity contribution in [1.29, 1.82) is 0 Å². The molecule has 0 unspecified atom stereocenters. The zero-order valence-corrected chi connectivity index (χ0v) is 12.5. The van der Waals surface area contributed by atoms with Crippen molar-refractivity contribution < 1.29 is 4.79 Å². The number of hydrogen-bond acceptors (Lipinski definition) is 5. The minimum Gasteiger partial charge on any atom is -0.336 e. The molecular weight excluding hydrogens is 286 g/mol. The Morgan fingerprint density at radius 3 is 2.76 bits per heavy atom. The van der Waals surface area contributed by atoms with Crippen molar-refractivity contribution in [3.8, 4) is 0 Å². The SMILES string of the molecule is C[C@@H](Sc1nnc(C2CC2)n1N)C(=O)Nc1ccccc1. The molecule has 7 heteroatoms. The summed E-state index contributed by atoms with van der Waals surface area (Å²) in [6.45, 7) is 1.83. The number of anilines is 1. The van der Waals surface area contributed by atoms with Crippen LogP contribution in [0.25, 0.3) is 0 Å². The fraction of sp³-hybridized carbons (Fsp3) is 0.357. The first-order chi connectivity index (χ1) is 10.1. The van der Waals surface area contributed by atoms with Gasteiger partial charge in [-0.3, -0.25) is 4.79 Å². The van der Waals surface area contributed by atoms with E-state index in [1.165, 1.54) is 16.4 Å². The summed E-state index contributed by atoms with van der Waals surface area (Å²) in [5.74, 6) is 7.15. The van der Waals surface area contributed by atoms with Gasteiger partial charge in [-0.1, -0.05) is 30.0 Å². The van der Waals surface area contributed by atoms with Gasteiger partial charge < -0.3 is 11.2 Å². The summed E-state index contributed by atoms with van der Waals surface area (Å²) in [6.07, 6.45) is 2.23. The van der Waals surface area contributed by atoms with Crippen LogP contribution in [-0.4, -0.2) is 26.0 Å². The Hall–Kier alpha value is -2.02. The van der Waals surface area contributed by atoms with Crippen molar-refractivity contribution in [2.45, 2.75) is 36.1 Å². The number of nitrogen functional groups attached to an aromatic ring is 1. The van der Waals surface area contributed by atoms with Gasteiger partial charge >= 0.3 is 0 Å². The first-order valence-electron chi connectivity index (χ1n) is 6.88. The fourth-order valence-electron chi connectivity index (χ4n) is 1.97. The number of nitrogens with two attached hydrogens (primary N) is 1. The van der Waals surface area contributed by atoms with Gasteiger partial charge in [0, 0.05) is 11.6 Å². The number of aromatic nitrogens is 3. The third kappa shape index (κ3) is 3.18. The summed E-state index contributed by atoms with van der Waals surface area (Å²) in [7, 11) is 0. The molecule has 0 bridgehead atoms. The van der Waals surface area contributed by atoms with Gasteiger partial charge in [0.15, 0.2) is 5.82 Å². The average molecular weight is 303 g/mol. The van der Waals surface area contributed by atoms with Crippen molar-refractivity contribution in [1.82, 2.24) is 14.9 Å². The first kappa shape index (κ1) is 13.9. The number of nitrogens with zero attached hydrogens (tertiary/aromatic N) is 3. The number of hydrogen-bond donors (Lipinski definition) is 2. The molecule has 110 valence electrons. The summed E-state index contributed by atoms with van der Waals surface area (Å²) >= 11 is 1.32. The van der Waals surface area contributed by atoms with Crippen LogP contribution in [0.15, 0.2) is 35.5 Å². The number of benzene rings is 1. The number of nitrogens with one attached hydrogen (secondary N) is 1. The fourth-order valence-corrected chi connectivity index (χ4v) is 2.74. The second-order valence-corrected chi connectivity index (χ2v) is 6.41. The monoisotopic (exact) mass is 303 g/mol. The second-order valence-electron chi connectivity index (χ2n) is 5.10. The standard InChI is InChI=1S/C14H17N5OS/c1-9(13(20)16-11-5-3-2-4-6-11)21-14-18-17-12(19(14)15)10-7-8-10/h2-6,9-10H,7-8,15H2,1H3,(H,16,20)/t9-/m1/s1. The highest BCUT2D eigenvalue weighted by Crippen LogP contribution is 2.39. The van der Waals surface area contributed by atoms with Gasteiger partial charge in [-0.25, -0.2) is 4.68 Å². The van der Waals surface area contributed by atoms with E-state index in [1.54, 1.807) is 0 Å². The minimum absolute atomic E-state index is 0.0813. The van der Waals surface area contributed by atoms with E-state index in [9.17, 15) is 4.79 Å². The van der Waals surface area contributed by atoms with Gasteiger partial charge in [0.05, 0.1) is 5.25 Å². The van der Waals surface area contributed by atoms with E-state index in [0.29, 0.717) is 11.1 Å². The van der Waals surface area contributed by atoms with Crippen molar-refractivity contribution in [3.63, 3.8) is 0 Å². The molecule has 1 fully saturated rings. The van der Waals surface area contributed by atoms with Crippen LogP contribution in [0.5, 0.6) is 0 Å². The van der Waals surface area contributed by atoms with E-state index in [-0.39, 0.29) is 11.2 Å². The van der Waals surface area contributed by atoms with Gasteiger partial charge in [0.25, 0.3) is 0 Å². The molecule has 1 aromatic heterocycles. The van der Waals surface area contributed by atoms with Crippen LogP contribution in [0.4, 0.5) is 5.69 Å². The molecule has 6 nitrogen and oxygen atoms in total. The van der Waals surface area contributed by atoms with Gasteiger partial charge in [-0.2, -0.15) is 0 Å². The molecule has 1 aliphatic rings. The molecular formula is C14H17N5OS. The zero-order chi connectivity index (χ0) is 14.8. The molecule has 1 atom stereocenters. The highest BCUT2D eigenvalue weighted by atomic mass is 32.2. The number of rotatable bonds is 5. The Morgan fingerprint density at radius 2 is 2.10 bits per heavy atom. The van der Waals surface area contributed by atoms with E-state index < -0.39 is 0 Å². The number of carbonyl (C=O) groups excluding carboxylic acids is 1. The van der Waals surface area contributed by atoms with Crippen molar-refractivity contribution >= 4 is 23.4 Å². The molecule has 1 saturated carbocycles. The first-order valence-corrected chi connectivity index (χ1v) is 7.76. The number of para-hydroxylation sites is 1. The summed E-state index contributed by atoms with van der Waals surface area (Å²) in [5.41, 5.74) is 0.780. The van der Waals surface area contributed by atoms with Gasteiger partial charge in [-0.05, 0) is 31.9 Å². The van der Waals surface area contributed by atoms with Crippen LogP contribution in [0, 0.1) is 0 Å². The maximum absolute atomic E-state index is 12.2. The number of thioether (sulfide) groups is 1. The van der Waals surface area contributed by atoms with Crippen LogP contribution in [0.1, 0.15) is 31.5 Å². The van der Waals surface area contributed by atoms with Crippen LogP contribution in [0.3, 0.4) is 0 Å². The number of amides is 1. The quantitative estimate of drug-likeness (QED) is 0.651. The predicted molar refractivity (Wildman–Crippen MR) is 82.5 cm³/mol. The molecule has 0 saturated heterocycles. The number of carbonyl (C=O) groups is 1. The molecule has 1 aromatic carbocycles. The molecule has 1 aliphatic carbocycles. The maximum atomic E-state index is 12.2. The summed E-state index contributed by atoms with van der Waals surface area (Å²) in [5, 5.41) is 11.3. The minimum atomic E-state index is -0.302. The van der Waals surface area contributed by atoms with Crippen LogP contribution in [-0.2, 0) is 4.79 Å². The van der Waals surface area contributed by atoms with Crippen LogP contribution in [0.2, 0.25) is 0 Å². The molecule has 3 N–H and O–H groups in total. The second kappa shape index (κ2) is 5.77. The molecule has 0 aliphatic heterocycles. The van der Waals surface area contributed by atoms with E-state index in [0.717, 1.165) is 24.4 Å². The molecule has 0 spiro atoms. The summed E-state index contributed by atoms with van der Waals surface area (Å²) < 4.78 is 1.51. The summed E-state index contributed by atoms with van der Waals surface area (Å²) in [4.78, 5) is 12.2. The third-order valence-corrected chi connectivity index (χ3v) is 4.38. The van der Waals surface area contributed by atoms with E-state index in [1.807, 2.05) is 37.3 Å². The molecule has 0 radical (unpaired) electrons. The Morgan fingerprint density at radius 1 is 1.38 bits per heavy atom. The maximum Gasteiger partial charge on any atom is 0.237 e. The molecule has 1 amide bonds. The average Bonchev–Trinajstić information content (AvgIpc) is 3.26. The topological polar surface area (TPSA) is 85.8 Å². The van der Waals surface area contributed by atoms with Crippen molar-refractivity contribution in [2.75, 3.05) is 11.2 Å². The van der Waals surface area contributed by atoms with E-state index in [4.69, 9.17) is 5.84 Å². The van der Waals surface area contributed by atoms with Crippen LogP contribution < -0.4 is 11.2 Å². The molecule has 21 heavy (non-hydrogen) atoms. The highest BCUT2D eigenvalue weighted by Gasteiger charge is 2.30. The molecule has 2 aromatic rings. The van der Waals surface area contributed by atoms with Gasteiger partial charge in [0.1, 0.15) is 0 Å². The van der Waals surface area contributed by atoms with Crippen molar-refractivity contribution in [3.05, 3.63) is 36.2 Å². The lowest BCUT2D eigenvalue weighted by Crippen LogP contribution is -2.23. The Kier molecular flexibility index (Phi) is 3.83. The zero-order valence-electron chi connectivity index (χ0n) is 11.7. The van der Waals surface area contributed by atoms with Crippen molar-refractivity contribution in [2.24, 2.45) is 0 Å². The highest BCUT2D eigenvalue weighted by molar-refractivity contribution is 8.00. The predicted octanol–water partition coefficient (Wildman–Crippen LogP) is 1.99. The van der Waals surface area contributed by atoms with Gasteiger partial charge in [0.2, 0.25) is 11.1 Å². The Bertz CT molecular complexity index is 638. The lowest BCUT2D eigenvalue weighted by atomic mass is 10.3. The smallest absolute Gasteiger partial charge is 0.237 e. The Labute approximate surface area is 127 Å². The van der Waals surface area contributed by atoms with E-state index in [2.05, 4.69) is 15.5 Å². The largest absolute Gasteiger partial charge is 0.336 e.